The minimum Gasteiger partial charge on any atom is -0.481 e. The molecule has 142 valence electrons. The number of benzene rings is 1. The number of methoxy groups -OCH3 is 2. The van der Waals surface area contributed by atoms with E-state index in [1.165, 1.54) is 0 Å². The molecule has 0 aliphatic carbocycles. The minimum atomic E-state index is 0.360. The molecule has 27 heavy (non-hydrogen) atoms. The number of rotatable bonds is 7. The summed E-state index contributed by atoms with van der Waals surface area (Å²) < 4.78 is 18.0. The number of hydrogen-bond donors (Lipinski definition) is 1. The largest absolute Gasteiger partial charge is 0.481 e. The third kappa shape index (κ3) is 3.95. The monoisotopic (exact) mass is 369 g/mol. The van der Waals surface area contributed by atoms with Crippen molar-refractivity contribution >= 4 is 5.69 Å². The van der Waals surface area contributed by atoms with Gasteiger partial charge in [-0.1, -0.05) is 12.1 Å². The van der Waals surface area contributed by atoms with Crippen LogP contribution in [-0.2, 0) is 6.61 Å². The summed E-state index contributed by atoms with van der Waals surface area (Å²) in [5.74, 6) is 7.28. The van der Waals surface area contributed by atoms with E-state index < -0.39 is 0 Å². The zero-order valence-corrected chi connectivity index (χ0v) is 15.8. The Morgan fingerprint density at radius 2 is 1.89 bits per heavy atom. The number of nitrogens with zero attached hydrogens (tertiary/aromatic N) is 4. The number of anilines is 1. The summed E-state index contributed by atoms with van der Waals surface area (Å²) in [6.45, 7) is 2.39. The smallest absolute Gasteiger partial charge is 0.243 e. The fourth-order valence-electron chi connectivity index (χ4n) is 2.72. The summed E-state index contributed by atoms with van der Waals surface area (Å²) in [6.07, 6.45) is 1.79. The van der Waals surface area contributed by atoms with Crippen molar-refractivity contribution in [1.82, 2.24) is 14.8 Å². The van der Waals surface area contributed by atoms with Crippen LogP contribution in [0.2, 0.25) is 0 Å². The van der Waals surface area contributed by atoms with Gasteiger partial charge in [0.05, 0.1) is 19.9 Å². The molecule has 2 aromatic heterocycles. The van der Waals surface area contributed by atoms with Crippen LogP contribution in [0.25, 0.3) is 5.69 Å². The van der Waals surface area contributed by atoms with Crippen LogP contribution in [0.5, 0.6) is 17.6 Å². The highest BCUT2D eigenvalue weighted by Crippen LogP contribution is 2.26. The van der Waals surface area contributed by atoms with Crippen molar-refractivity contribution in [3.63, 3.8) is 0 Å². The summed E-state index contributed by atoms with van der Waals surface area (Å²) in [6, 6.07) is 11.3. The molecular formula is C19H23N5O3. The molecule has 3 aromatic rings. The molecule has 2 N–H and O–H groups in total. The van der Waals surface area contributed by atoms with Crippen LogP contribution in [0.1, 0.15) is 11.1 Å². The van der Waals surface area contributed by atoms with E-state index >= 15 is 0 Å². The number of ether oxygens (including phenoxy) is 3. The highest BCUT2D eigenvalue weighted by atomic mass is 16.5. The van der Waals surface area contributed by atoms with Gasteiger partial charge in [0.1, 0.15) is 12.3 Å². The van der Waals surface area contributed by atoms with Gasteiger partial charge >= 0.3 is 0 Å². The normalized spacial score (nSPS) is 10.6. The summed E-state index contributed by atoms with van der Waals surface area (Å²) >= 11 is 0. The molecule has 3 rings (SSSR count). The topological polar surface area (TPSA) is 87.7 Å². The Kier molecular flexibility index (Phi) is 5.46. The van der Waals surface area contributed by atoms with Crippen molar-refractivity contribution in [2.45, 2.75) is 13.5 Å². The van der Waals surface area contributed by atoms with Gasteiger partial charge in [-0.3, -0.25) is 0 Å². The predicted octanol–water partition coefficient (Wildman–Crippen LogP) is 2.48. The van der Waals surface area contributed by atoms with E-state index in [4.69, 9.17) is 20.1 Å². The first-order chi connectivity index (χ1) is 13.0. The Hall–Kier alpha value is -3.26. The number of pyridine rings is 1. The Balaban J connectivity index is 1.80. The molecule has 0 fully saturated rings. The zero-order chi connectivity index (χ0) is 19.4. The first-order valence-electron chi connectivity index (χ1n) is 8.38. The molecule has 0 aliphatic rings. The predicted molar refractivity (Wildman–Crippen MR) is 103 cm³/mol. The molecular weight excluding hydrogens is 346 g/mol. The second-order valence-corrected chi connectivity index (χ2v) is 5.95. The van der Waals surface area contributed by atoms with Gasteiger partial charge < -0.3 is 19.2 Å². The third-order valence-electron chi connectivity index (χ3n) is 4.16. The van der Waals surface area contributed by atoms with Gasteiger partial charge in [0.15, 0.2) is 0 Å². The van der Waals surface area contributed by atoms with Gasteiger partial charge in [-0.15, -0.1) is 5.10 Å². The van der Waals surface area contributed by atoms with E-state index in [2.05, 4.69) is 10.1 Å². The first-order valence-corrected chi connectivity index (χ1v) is 8.38. The Labute approximate surface area is 158 Å². The van der Waals surface area contributed by atoms with Gasteiger partial charge in [0, 0.05) is 30.9 Å². The Bertz CT molecular complexity index is 923. The lowest BCUT2D eigenvalue weighted by atomic mass is 10.1. The maximum atomic E-state index is 5.92. The molecule has 0 saturated heterocycles. The second-order valence-electron chi connectivity index (χ2n) is 5.95. The van der Waals surface area contributed by atoms with Gasteiger partial charge in [0.2, 0.25) is 17.6 Å². The van der Waals surface area contributed by atoms with Crippen LogP contribution in [0.3, 0.4) is 0 Å². The molecule has 1 aromatic carbocycles. The summed E-state index contributed by atoms with van der Waals surface area (Å²) in [5.41, 5.74) is 3.72. The van der Waals surface area contributed by atoms with Crippen LogP contribution >= 0.6 is 0 Å². The van der Waals surface area contributed by atoms with Gasteiger partial charge in [-0.05, 0) is 24.6 Å². The van der Waals surface area contributed by atoms with Gasteiger partial charge in [-0.25, -0.2) is 10.5 Å². The lowest BCUT2D eigenvalue weighted by Crippen LogP contribution is -2.26. The second kappa shape index (κ2) is 7.96. The molecule has 0 atom stereocenters. The quantitative estimate of drug-likeness (QED) is 0.506. The van der Waals surface area contributed by atoms with E-state index in [0.29, 0.717) is 29.9 Å². The average molecular weight is 369 g/mol. The van der Waals surface area contributed by atoms with Crippen LogP contribution in [0, 0.1) is 6.92 Å². The fourth-order valence-corrected chi connectivity index (χ4v) is 2.72. The maximum absolute atomic E-state index is 5.92. The third-order valence-corrected chi connectivity index (χ3v) is 4.16. The van der Waals surface area contributed by atoms with Crippen molar-refractivity contribution < 1.29 is 14.2 Å². The molecule has 0 saturated carbocycles. The van der Waals surface area contributed by atoms with Crippen LogP contribution in [-0.4, -0.2) is 36.0 Å². The average Bonchev–Trinajstić information content (AvgIpc) is 3.14. The number of aromatic nitrogens is 3. The highest BCUT2D eigenvalue weighted by Gasteiger charge is 2.13. The van der Waals surface area contributed by atoms with Crippen molar-refractivity contribution in [2.24, 2.45) is 5.84 Å². The SMILES string of the molecule is COc1ccc(-n2ccc(OCc3c(C)cccc3N(C)N)n2)c(OC)n1. The molecule has 0 aliphatic heterocycles. The number of hydrogen-bond acceptors (Lipinski definition) is 7. The van der Waals surface area contributed by atoms with Crippen molar-refractivity contribution in [2.75, 3.05) is 26.3 Å². The number of hydrazine groups is 1. The lowest BCUT2D eigenvalue weighted by molar-refractivity contribution is 0.291. The van der Waals surface area contributed by atoms with Crippen molar-refractivity contribution in [3.05, 3.63) is 53.7 Å². The maximum Gasteiger partial charge on any atom is 0.243 e. The van der Waals surface area contributed by atoms with E-state index in [1.54, 1.807) is 49.3 Å². The molecule has 0 bridgehead atoms. The Morgan fingerprint density at radius 1 is 1.07 bits per heavy atom. The van der Waals surface area contributed by atoms with Gasteiger partial charge in [0.25, 0.3) is 0 Å². The van der Waals surface area contributed by atoms with E-state index in [0.717, 1.165) is 16.8 Å². The van der Waals surface area contributed by atoms with Gasteiger partial charge in [-0.2, -0.15) is 4.98 Å². The molecule has 8 heteroatoms. The summed E-state index contributed by atoms with van der Waals surface area (Å²) in [4.78, 5) is 4.27. The molecule has 0 unspecified atom stereocenters. The van der Waals surface area contributed by atoms with Crippen molar-refractivity contribution in [3.8, 4) is 23.3 Å². The van der Waals surface area contributed by atoms with Crippen LogP contribution < -0.4 is 25.1 Å². The van der Waals surface area contributed by atoms with E-state index in [9.17, 15) is 0 Å². The molecule has 2 heterocycles. The zero-order valence-electron chi connectivity index (χ0n) is 15.8. The van der Waals surface area contributed by atoms with E-state index in [1.807, 2.05) is 31.2 Å². The molecule has 8 nitrogen and oxygen atoms in total. The van der Waals surface area contributed by atoms with Crippen LogP contribution in [0.15, 0.2) is 42.6 Å². The number of aryl methyl sites for hydroxylation is 1. The first kappa shape index (κ1) is 18.5. The summed E-state index contributed by atoms with van der Waals surface area (Å²) in [5, 5.41) is 6.03. The molecule has 0 amide bonds. The lowest BCUT2D eigenvalue weighted by Gasteiger charge is -2.18. The molecule has 0 spiro atoms. The number of nitrogens with two attached hydrogens (primary N) is 1. The van der Waals surface area contributed by atoms with E-state index in [-0.39, 0.29) is 0 Å². The fraction of sp³-hybridized carbons (Fsp3) is 0.263. The van der Waals surface area contributed by atoms with Crippen molar-refractivity contribution in [1.29, 1.82) is 0 Å². The molecule has 0 radical (unpaired) electrons. The van der Waals surface area contributed by atoms with Crippen LogP contribution in [0.4, 0.5) is 5.69 Å². The highest BCUT2D eigenvalue weighted by molar-refractivity contribution is 5.55. The minimum absolute atomic E-state index is 0.360. The standard InChI is InChI=1S/C19H23N5O3/c1-13-6-5-7-15(23(2)20)14(13)12-27-18-10-11-24(22-18)16-8-9-17(25-3)21-19(16)26-4/h5-11H,12,20H2,1-4H3. The Morgan fingerprint density at radius 3 is 2.59 bits per heavy atom. The summed E-state index contributed by atoms with van der Waals surface area (Å²) in [7, 11) is 4.91.